The number of hydrogen-bond donors (Lipinski definition) is 0. The summed E-state index contributed by atoms with van der Waals surface area (Å²) in [5.41, 5.74) is 1.42. The highest BCUT2D eigenvalue weighted by atomic mass is 16.5. The van der Waals surface area contributed by atoms with Crippen molar-refractivity contribution in [3.05, 3.63) is 29.8 Å². The summed E-state index contributed by atoms with van der Waals surface area (Å²) in [6.07, 6.45) is 5.24. The van der Waals surface area contributed by atoms with Gasteiger partial charge in [-0.2, -0.15) is 0 Å². The maximum atomic E-state index is 5.55. The largest absolute Gasteiger partial charge is 0.494 e. The van der Waals surface area contributed by atoms with E-state index in [-0.39, 0.29) is 0 Å². The molecule has 0 bridgehead atoms. The van der Waals surface area contributed by atoms with Gasteiger partial charge in [-0.15, -0.1) is 0 Å². The van der Waals surface area contributed by atoms with Crippen LogP contribution >= 0.6 is 0 Å². The Bertz CT molecular complexity index is 356. The fraction of sp³-hybridized carbons (Fsp3) is 0.625. The molecule has 0 amide bonds. The van der Waals surface area contributed by atoms with Crippen LogP contribution < -0.4 is 4.74 Å². The van der Waals surface area contributed by atoms with Crippen LogP contribution in [0, 0.1) is 5.92 Å². The van der Waals surface area contributed by atoms with E-state index < -0.39 is 0 Å². The molecule has 1 aliphatic rings. The molecule has 1 saturated heterocycles. The van der Waals surface area contributed by atoms with Gasteiger partial charge in [0.25, 0.3) is 0 Å². The molecular formula is C16H25NO. The molecule has 0 N–H and O–H groups in total. The smallest absolute Gasteiger partial charge is 0.119 e. The third-order valence-corrected chi connectivity index (χ3v) is 3.89. The van der Waals surface area contributed by atoms with Crippen LogP contribution in [-0.4, -0.2) is 31.6 Å². The first kappa shape index (κ1) is 13.4. The lowest BCUT2D eigenvalue weighted by Crippen LogP contribution is -2.30. The van der Waals surface area contributed by atoms with Crippen LogP contribution in [0.2, 0.25) is 0 Å². The zero-order valence-corrected chi connectivity index (χ0v) is 11.7. The van der Waals surface area contributed by atoms with Crippen molar-refractivity contribution in [3.63, 3.8) is 0 Å². The van der Waals surface area contributed by atoms with Gasteiger partial charge in [0.2, 0.25) is 0 Å². The summed E-state index contributed by atoms with van der Waals surface area (Å²) in [5, 5.41) is 0. The van der Waals surface area contributed by atoms with E-state index in [1.807, 2.05) is 13.0 Å². The first-order valence-electron chi connectivity index (χ1n) is 7.18. The molecule has 2 rings (SSSR count). The first-order chi connectivity index (χ1) is 8.78. The summed E-state index contributed by atoms with van der Waals surface area (Å²) < 4.78 is 5.55. The molecule has 0 radical (unpaired) electrons. The highest BCUT2D eigenvalue weighted by Crippen LogP contribution is 2.22. The van der Waals surface area contributed by atoms with Crippen molar-refractivity contribution in [1.29, 1.82) is 0 Å². The third-order valence-electron chi connectivity index (χ3n) is 3.89. The van der Waals surface area contributed by atoms with E-state index in [0.29, 0.717) is 0 Å². The molecule has 2 heteroatoms. The van der Waals surface area contributed by atoms with Crippen LogP contribution in [-0.2, 0) is 6.42 Å². The fourth-order valence-electron chi connectivity index (χ4n) is 2.68. The second-order valence-electron chi connectivity index (χ2n) is 5.37. The number of piperidine rings is 1. The summed E-state index contributed by atoms with van der Waals surface area (Å²) in [6.45, 7) is 5.32. The van der Waals surface area contributed by atoms with E-state index in [2.05, 4.69) is 30.1 Å². The standard InChI is InChI=1S/C16H25NO/c1-3-18-16-6-4-5-15(13-16)8-7-14-9-11-17(2)12-10-14/h4-6,13-14H,3,7-12H2,1-2H3. The topological polar surface area (TPSA) is 12.5 Å². The molecule has 0 aromatic heterocycles. The molecule has 1 fully saturated rings. The van der Waals surface area contributed by atoms with Gasteiger partial charge in [-0.1, -0.05) is 12.1 Å². The Balaban J connectivity index is 1.80. The number of hydrogen-bond acceptors (Lipinski definition) is 2. The summed E-state index contributed by atoms with van der Waals surface area (Å²) >= 11 is 0. The van der Waals surface area contributed by atoms with Crippen LogP contribution in [0.1, 0.15) is 31.7 Å². The number of rotatable bonds is 5. The third kappa shape index (κ3) is 4.02. The van der Waals surface area contributed by atoms with Gasteiger partial charge in [0.1, 0.15) is 5.75 Å². The van der Waals surface area contributed by atoms with E-state index in [9.17, 15) is 0 Å². The van der Waals surface area contributed by atoms with Gasteiger partial charge in [0.15, 0.2) is 0 Å². The van der Waals surface area contributed by atoms with E-state index in [1.165, 1.54) is 44.3 Å². The molecule has 1 aromatic rings. The number of benzene rings is 1. The molecule has 18 heavy (non-hydrogen) atoms. The van der Waals surface area contributed by atoms with E-state index >= 15 is 0 Å². The Kier molecular flexibility index (Phi) is 5.06. The van der Waals surface area contributed by atoms with Crippen LogP contribution in [0.3, 0.4) is 0 Å². The lowest BCUT2D eigenvalue weighted by Gasteiger charge is -2.28. The Morgan fingerprint density at radius 2 is 2.06 bits per heavy atom. The molecule has 1 heterocycles. The predicted molar refractivity (Wildman–Crippen MR) is 76.2 cm³/mol. The SMILES string of the molecule is CCOc1cccc(CCC2CCN(C)CC2)c1. The lowest BCUT2D eigenvalue weighted by atomic mass is 9.91. The van der Waals surface area contributed by atoms with E-state index in [1.54, 1.807) is 0 Å². The molecule has 100 valence electrons. The minimum Gasteiger partial charge on any atom is -0.494 e. The van der Waals surface area contributed by atoms with Crippen molar-refractivity contribution in [2.75, 3.05) is 26.7 Å². The second kappa shape index (κ2) is 6.79. The van der Waals surface area contributed by atoms with Gasteiger partial charge in [-0.25, -0.2) is 0 Å². The Labute approximate surface area is 111 Å². The monoisotopic (exact) mass is 247 g/mol. The average Bonchev–Trinajstić information content (AvgIpc) is 2.39. The molecule has 0 spiro atoms. The van der Waals surface area contributed by atoms with Crippen LogP contribution in [0.4, 0.5) is 0 Å². The van der Waals surface area contributed by atoms with E-state index in [4.69, 9.17) is 4.74 Å². The maximum Gasteiger partial charge on any atom is 0.119 e. The highest BCUT2D eigenvalue weighted by molar-refractivity contribution is 5.28. The van der Waals surface area contributed by atoms with Crippen molar-refractivity contribution in [2.24, 2.45) is 5.92 Å². The summed E-state index contributed by atoms with van der Waals surface area (Å²) in [4.78, 5) is 2.44. The van der Waals surface area contributed by atoms with Crippen molar-refractivity contribution in [1.82, 2.24) is 4.90 Å². The Hall–Kier alpha value is -1.02. The van der Waals surface area contributed by atoms with Crippen LogP contribution in [0.5, 0.6) is 5.75 Å². The first-order valence-corrected chi connectivity index (χ1v) is 7.18. The molecule has 0 unspecified atom stereocenters. The molecule has 1 aliphatic heterocycles. The number of likely N-dealkylation sites (tertiary alicyclic amines) is 1. The lowest BCUT2D eigenvalue weighted by molar-refractivity contribution is 0.212. The normalized spacial score (nSPS) is 17.9. The molecule has 0 aliphatic carbocycles. The predicted octanol–water partition coefficient (Wildman–Crippen LogP) is 3.36. The number of ether oxygens (including phenoxy) is 1. The zero-order valence-electron chi connectivity index (χ0n) is 11.7. The summed E-state index contributed by atoms with van der Waals surface area (Å²) in [6, 6.07) is 8.56. The van der Waals surface area contributed by atoms with Crippen molar-refractivity contribution >= 4 is 0 Å². The highest BCUT2D eigenvalue weighted by Gasteiger charge is 2.16. The van der Waals surface area contributed by atoms with Gasteiger partial charge >= 0.3 is 0 Å². The van der Waals surface area contributed by atoms with Gasteiger partial charge in [0, 0.05) is 0 Å². The van der Waals surface area contributed by atoms with Crippen LogP contribution in [0.15, 0.2) is 24.3 Å². The molecule has 2 nitrogen and oxygen atoms in total. The van der Waals surface area contributed by atoms with Crippen molar-refractivity contribution < 1.29 is 4.74 Å². The minimum absolute atomic E-state index is 0.748. The molecule has 0 saturated carbocycles. The summed E-state index contributed by atoms with van der Waals surface area (Å²) in [5.74, 6) is 1.93. The van der Waals surface area contributed by atoms with Crippen LogP contribution in [0.25, 0.3) is 0 Å². The molecule has 1 aromatic carbocycles. The summed E-state index contributed by atoms with van der Waals surface area (Å²) in [7, 11) is 2.22. The zero-order chi connectivity index (χ0) is 12.8. The Morgan fingerprint density at radius 1 is 1.28 bits per heavy atom. The molecular weight excluding hydrogens is 222 g/mol. The minimum atomic E-state index is 0.748. The maximum absolute atomic E-state index is 5.55. The number of aryl methyl sites for hydroxylation is 1. The average molecular weight is 247 g/mol. The number of nitrogens with zero attached hydrogens (tertiary/aromatic N) is 1. The van der Waals surface area contributed by atoms with Gasteiger partial charge < -0.3 is 9.64 Å². The fourth-order valence-corrected chi connectivity index (χ4v) is 2.68. The quantitative estimate of drug-likeness (QED) is 0.791. The Morgan fingerprint density at radius 3 is 2.78 bits per heavy atom. The second-order valence-corrected chi connectivity index (χ2v) is 5.37. The molecule has 0 atom stereocenters. The van der Waals surface area contributed by atoms with Crippen molar-refractivity contribution in [3.8, 4) is 5.75 Å². The van der Waals surface area contributed by atoms with Crippen molar-refractivity contribution in [2.45, 2.75) is 32.6 Å². The van der Waals surface area contributed by atoms with Gasteiger partial charge in [-0.05, 0) is 76.4 Å². The van der Waals surface area contributed by atoms with E-state index in [0.717, 1.165) is 18.3 Å². The van der Waals surface area contributed by atoms with Gasteiger partial charge in [0.05, 0.1) is 6.61 Å². The van der Waals surface area contributed by atoms with Gasteiger partial charge in [-0.3, -0.25) is 0 Å².